The zero-order chi connectivity index (χ0) is 16.5. The molecular weight excluding hydrogens is 294 g/mol. The lowest BCUT2D eigenvalue weighted by atomic mass is 9.99. The Morgan fingerprint density at radius 1 is 0.708 bits per heavy atom. The third-order valence-electron chi connectivity index (χ3n) is 4.57. The van der Waals surface area contributed by atoms with Gasteiger partial charge in [-0.15, -0.1) is 0 Å². The van der Waals surface area contributed by atoms with Crippen molar-refractivity contribution in [2.75, 3.05) is 19.1 Å². The Hall–Kier alpha value is -3.00. The molecule has 0 fully saturated rings. The topological polar surface area (TPSA) is 12.5 Å². The van der Waals surface area contributed by atoms with E-state index in [-0.39, 0.29) is 0 Å². The SMILES string of the molecule is COc1ccc(N(C)c2cc3ccccc3c3ccccc23)cc1. The molecule has 0 bridgehead atoms. The highest BCUT2D eigenvalue weighted by molar-refractivity contribution is 6.13. The van der Waals surface area contributed by atoms with Crippen molar-refractivity contribution in [3.05, 3.63) is 78.9 Å². The number of hydrogen-bond acceptors (Lipinski definition) is 2. The fourth-order valence-corrected chi connectivity index (χ4v) is 3.26. The number of ether oxygens (including phenoxy) is 1. The lowest BCUT2D eigenvalue weighted by Crippen LogP contribution is -2.09. The molecule has 0 saturated carbocycles. The Balaban J connectivity index is 1.93. The summed E-state index contributed by atoms with van der Waals surface area (Å²) in [5.74, 6) is 0.871. The average molecular weight is 313 g/mol. The lowest BCUT2D eigenvalue weighted by Gasteiger charge is -2.23. The molecule has 0 spiro atoms. The van der Waals surface area contributed by atoms with E-state index in [1.807, 2.05) is 12.1 Å². The summed E-state index contributed by atoms with van der Waals surface area (Å²) in [6, 6.07) is 27.6. The first-order valence-electron chi connectivity index (χ1n) is 8.06. The molecule has 24 heavy (non-hydrogen) atoms. The van der Waals surface area contributed by atoms with E-state index in [0.29, 0.717) is 0 Å². The molecule has 0 heterocycles. The highest BCUT2D eigenvalue weighted by Crippen LogP contribution is 2.36. The number of rotatable bonds is 3. The van der Waals surface area contributed by atoms with Gasteiger partial charge in [0.15, 0.2) is 0 Å². The van der Waals surface area contributed by atoms with Gasteiger partial charge in [-0.1, -0.05) is 48.5 Å². The normalized spacial score (nSPS) is 10.9. The van der Waals surface area contributed by atoms with Crippen molar-refractivity contribution in [1.29, 1.82) is 0 Å². The Bertz CT molecular complexity index is 1010. The van der Waals surface area contributed by atoms with Crippen LogP contribution in [0.2, 0.25) is 0 Å². The molecular formula is C22H19NO. The monoisotopic (exact) mass is 313 g/mol. The summed E-state index contributed by atoms with van der Waals surface area (Å²) in [6.45, 7) is 0. The van der Waals surface area contributed by atoms with Crippen LogP contribution in [0.15, 0.2) is 78.9 Å². The van der Waals surface area contributed by atoms with Gasteiger partial charge < -0.3 is 9.64 Å². The quantitative estimate of drug-likeness (QED) is 0.445. The highest BCUT2D eigenvalue weighted by Gasteiger charge is 2.11. The Kier molecular flexibility index (Phi) is 3.58. The minimum atomic E-state index is 0.871. The molecule has 0 aromatic heterocycles. The van der Waals surface area contributed by atoms with Gasteiger partial charge in [-0.25, -0.2) is 0 Å². The largest absolute Gasteiger partial charge is 0.497 e. The van der Waals surface area contributed by atoms with Crippen molar-refractivity contribution in [2.45, 2.75) is 0 Å². The molecule has 0 aliphatic heterocycles. The number of benzene rings is 4. The molecule has 4 aromatic rings. The summed E-state index contributed by atoms with van der Waals surface area (Å²) in [4.78, 5) is 2.23. The van der Waals surface area contributed by atoms with Gasteiger partial charge in [0.2, 0.25) is 0 Å². The second-order valence-corrected chi connectivity index (χ2v) is 5.92. The molecule has 0 unspecified atom stereocenters. The van der Waals surface area contributed by atoms with Crippen LogP contribution >= 0.6 is 0 Å². The van der Waals surface area contributed by atoms with E-state index in [0.717, 1.165) is 11.4 Å². The second-order valence-electron chi connectivity index (χ2n) is 5.92. The predicted molar refractivity (Wildman–Crippen MR) is 103 cm³/mol. The fraction of sp³-hybridized carbons (Fsp3) is 0.0909. The van der Waals surface area contributed by atoms with Crippen LogP contribution in [0.5, 0.6) is 5.75 Å². The van der Waals surface area contributed by atoms with Crippen molar-refractivity contribution >= 4 is 32.9 Å². The van der Waals surface area contributed by atoms with Crippen LogP contribution in [0.1, 0.15) is 0 Å². The molecule has 118 valence electrons. The first kappa shape index (κ1) is 14.6. The first-order valence-corrected chi connectivity index (χ1v) is 8.06. The molecule has 2 nitrogen and oxygen atoms in total. The van der Waals surface area contributed by atoms with Gasteiger partial charge in [-0.2, -0.15) is 0 Å². The maximum absolute atomic E-state index is 5.26. The number of anilines is 2. The minimum Gasteiger partial charge on any atom is -0.497 e. The van der Waals surface area contributed by atoms with Gasteiger partial charge in [0.05, 0.1) is 7.11 Å². The van der Waals surface area contributed by atoms with Crippen LogP contribution in [0.4, 0.5) is 11.4 Å². The first-order chi connectivity index (χ1) is 11.8. The van der Waals surface area contributed by atoms with Crippen molar-refractivity contribution in [3.63, 3.8) is 0 Å². The third-order valence-corrected chi connectivity index (χ3v) is 4.57. The average Bonchev–Trinajstić information content (AvgIpc) is 2.67. The molecule has 4 rings (SSSR count). The number of methoxy groups -OCH3 is 1. The Labute approximate surface area is 141 Å². The third kappa shape index (κ3) is 2.37. The van der Waals surface area contributed by atoms with Gasteiger partial charge in [0, 0.05) is 23.8 Å². The summed E-state index contributed by atoms with van der Waals surface area (Å²) in [6.07, 6.45) is 0. The van der Waals surface area contributed by atoms with Crippen molar-refractivity contribution in [1.82, 2.24) is 0 Å². The summed E-state index contributed by atoms with van der Waals surface area (Å²) in [5, 5.41) is 5.09. The summed E-state index contributed by atoms with van der Waals surface area (Å²) in [5.41, 5.74) is 2.34. The van der Waals surface area contributed by atoms with Crippen molar-refractivity contribution in [2.24, 2.45) is 0 Å². The van der Waals surface area contributed by atoms with Gasteiger partial charge in [0.25, 0.3) is 0 Å². The summed E-state index contributed by atoms with van der Waals surface area (Å²) >= 11 is 0. The maximum Gasteiger partial charge on any atom is 0.119 e. The minimum absolute atomic E-state index is 0.871. The molecule has 0 aliphatic rings. The fourth-order valence-electron chi connectivity index (χ4n) is 3.26. The number of fused-ring (bicyclic) bond motifs is 3. The van der Waals surface area contributed by atoms with Gasteiger partial charge in [0.1, 0.15) is 5.75 Å². The zero-order valence-corrected chi connectivity index (χ0v) is 13.9. The predicted octanol–water partition coefficient (Wildman–Crippen LogP) is 5.77. The number of hydrogen-bond donors (Lipinski definition) is 0. The van der Waals surface area contributed by atoms with Gasteiger partial charge >= 0.3 is 0 Å². The van der Waals surface area contributed by atoms with E-state index in [9.17, 15) is 0 Å². The molecule has 0 amide bonds. The van der Waals surface area contributed by atoms with E-state index in [1.165, 1.54) is 27.2 Å². The smallest absolute Gasteiger partial charge is 0.119 e. The molecule has 0 N–H and O–H groups in total. The molecule has 0 saturated heterocycles. The van der Waals surface area contributed by atoms with Crippen LogP contribution in [-0.2, 0) is 0 Å². The lowest BCUT2D eigenvalue weighted by molar-refractivity contribution is 0.415. The Morgan fingerprint density at radius 2 is 1.33 bits per heavy atom. The van der Waals surface area contributed by atoms with Crippen LogP contribution in [0, 0.1) is 0 Å². The van der Waals surface area contributed by atoms with E-state index in [2.05, 4.69) is 78.7 Å². The number of nitrogens with zero attached hydrogens (tertiary/aromatic N) is 1. The second kappa shape index (κ2) is 5.89. The molecule has 0 aliphatic carbocycles. The molecule has 4 aromatic carbocycles. The van der Waals surface area contributed by atoms with Crippen LogP contribution in [-0.4, -0.2) is 14.2 Å². The highest BCUT2D eigenvalue weighted by atomic mass is 16.5. The zero-order valence-electron chi connectivity index (χ0n) is 13.9. The summed E-state index contributed by atoms with van der Waals surface area (Å²) in [7, 11) is 3.80. The molecule has 2 heteroatoms. The maximum atomic E-state index is 5.26. The standard InChI is InChI=1S/C22H19NO/c1-23(17-11-13-18(24-2)14-12-17)22-15-16-7-3-4-8-19(16)20-9-5-6-10-21(20)22/h3-15H,1-2H3. The van der Waals surface area contributed by atoms with E-state index in [4.69, 9.17) is 4.74 Å². The van der Waals surface area contributed by atoms with Crippen LogP contribution < -0.4 is 9.64 Å². The summed E-state index contributed by atoms with van der Waals surface area (Å²) < 4.78 is 5.26. The molecule has 0 atom stereocenters. The van der Waals surface area contributed by atoms with Crippen LogP contribution in [0.25, 0.3) is 21.5 Å². The van der Waals surface area contributed by atoms with Crippen molar-refractivity contribution < 1.29 is 4.74 Å². The van der Waals surface area contributed by atoms with E-state index >= 15 is 0 Å². The molecule has 0 radical (unpaired) electrons. The van der Waals surface area contributed by atoms with Gasteiger partial charge in [-0.3, -0.25) is 0 Å². The van der Waals surface area contributed by atoms with E-state index < -0.39 is 0 Å². The Morgan fingerprint density at radius 3 is 2.04 bits per heavy atom. The van der Waals surface area contributed by atoms with Crippen molar-refractivity contribution in [3.8, 4) is 5.75 Å². The van der Waals surface area contributed by atoms with E-state index in [1.54, 1.807) is 7.11 Å². The van der Waals surface area contributed by atoms with Crippen LogP contribution in [0.3, 0.4) is 0 Å². The van der Waals surface area contributed by atoms with Gasteiger partial charge in [-0.05, 0) is 46.5 Å².